The Hall–Kier alpha value is -4.20. The van der Waals surface area contributed by atoms with Crippen LogP contribution in [0.25, 0.3) is 20.7 Å². The van der Waals surface area contributed by atoms with E-state index >= 15 is 0 Å². The van der Waals surface area contributed by atoms with E-state index in [1.54, 1.807) is 6.21 Å². The number of morpholine rings is 1. The average molecular weight is 528 g/mol. The number of hydrazone groups is 1. The molecule has 1 aliphatic rings. The van der Waals surface area contributed by atoms with Gasteiger partial charge in [0.25, 0.3) is 0 Å². The number of nitrogens with one attached hydrogen (secondary N) is 1. The molecule has 1 N–H and O–H groups in total. The molecule has 0 amide bonds. The fraction of sp³-hybridized carbons (Fsp3) is 0.286. The van der Waals surface area contributed by atoms with Gasteiger partial charge in [0, 0.05) is 32.7 Å². The van der Waals surface area contributed by atoms with Crippen LogP contribution in [-0.2, 0) is 4.74 Å². The summed E-state index contributed by atoms with van der Waals surface area (Å²) in [5.74, 6) is 1.28. The van der Waals surface area contributed by atoms with E-state index in [0.29, 0.717) is 23.5 Å². The summed E-state index contributed by atoms with van der Waals surface area (Å²) in [4.78, 5) is 14.1. The van der Waals surface area contributed by atoms with Crippen LogP contribution in [0.1, 0.15) is 18.1 Å². The number of nitriles is 1. The summed E-state index contributed by atoms with van der Waals surface area (Å²) in [6, 6.07) is 16.4. The van der Waals surface area contributed by atoms with Crippen LogP contribution in [0.2, 0.25) is 0 Å². The normalized spacial score (nSPS) is 13.6. The molecule has 0 aliphatic carbocycles. The van der Waals surface area contributed by atoms with Crippen LogP contribution in [0.3, 0.4) is 0 Å². The smallest absolute Gasteiger partial charge is 0.167 e. The maximum absolute atomic E-state index is 9.98. The Morgan fingerprint density at radius 2 is 2.03 bits per heavy atom. The zero-order chi connectivity index (χ0) is 26.5. The molecule has 0 spiro atoms. The molecule has 0 atom stereocenters. The molecule has 194 valence electrons. The van der Waals surface area contributed by atoms with Gasteiger partial charge in [-0.15, -0.1) is 11.3 Å². The highest BCUT2D eigenvalue weighted by atomic mass is 32.1. The third-order valence-electron chi connectivity index (χ3n) is 6.23. The third-order valence-corrected chi connectivity index (χ3v) is 7.45. The molecule has 0 bridgehead atoms. The fourth-order valence-electron chi connectivity index (χ4n) is 4.44. The van der Waals surface area contributed by atoms with Crippen LogP contribution in [0.15, 0.2) is 53.9 Å². The summed E-state index contributed by atoms with van der Waals surface area (Å²) >= 11 is 1.45. The lowest BCUT2D eigenvalue weighted by molar-refractivity contribution is 0.122. The van der Waals surface area contributed by atoms with Gasteiger partial charge in [0.15, 0.2) is 5.82 Å². The number of hydrogen-bond donors (Lipinski definition) is 1. The standard InChI is InChI=1S/C28H29N7O2S/c1-4-37-24-8-6-5-7-20(24)26-21(16-29)25-27(38-26)28(31-18-30-25)33-32-17-19-9-10-22(23(15-19)34(2)3)35-11-13-36-14-12-35/h5-10,15,17-18H,4,11-14H2,1-3H3,(H,30,31,33). The van der Waals surface area contributed by atoms with Crippen molar-refractivity contribution in [2.45, 2.75) is 6.92 Å². The first-order chi connectivity index (χ1) is 18.6. The molecule has 3 heterocycles. The van der Waals surface area contributed by atoms with Crippen molar-refractivity contribution in [1.29, 1.82) is 5.26 Å². The topological polar surface area (TPSA) is 98.9 Å². The number of anilines is 3. The summed E-state index contributed by atoms with van der Waals surface area (Å²) in [5, 5.41) is 14.5. The lowest BCUT2D eigenvalue weighted by Crippen LogP contribution is -2.37. The van der Waals surface area contributed by atoms with Crippen LogP contribution in [0, 0.1) is 11.3 Å². The van der Waals surface area contributed by atoms with Crippen LogP contribution in [-0.4, -0.2) is 63.2 Å². The molecule has 2 aromatic heterocycles. The van der Waals surface area contributed by atoms with Crippen LogP contribution in [0.5, 0.6) is 5.75 Å². The molecule has 38 heavy (non-hydrogen) atoms. The first kappa shape index (κ1) is 25.4. The van der Waals surface area contributed by atoms with Crippen molar-refractivity contribution in [3.05, 3.63) is 59.9 Å². The Kier molecular flexibility index (Phi) is 7.67. The molecule has 10 heteroatoms. The highest BCUT2D eigenvalue weighted by Gasteiger charge is 2.20. The number of ether oxygens (including phenoxy) is 2. The van der Waals surface area contributed by atoms with Gasteiger partial charge in [0.05, 0.1) is 52.6 Å². The van der Waals surface area contributed by atoms with Crippen LogP contribution in [0.4, 0.5) is 17.2 Å². The van der Waals surface area contributed by atoms with Crippen molar-refractivity contribution >= 4 is 45.0 Å². The molecule has 1 saturated heterocycles. The van der Waals surface area contributed by atoms with Crippen molar-refractivity contribution in [2.75, 3.05) is 62.2 Å². The van der Waals surface area contributed by atoms with Gasteiger partial charge >= 0.3 is 0 Å². The predicted octanol–water partition coefficient (Wildman–Crippen LogP) is 4.98. The number of rotatable bonds is 8. The molecular formula is C28H29N7O2S. The Morgan fingerprint density at radius 1 is 1.21 bits per heavy atom. The van der Waals surface area contributed by atoms with Gasteiger partial charge < -0.3 is 19.3 Å². The molecule has 4 aromatic rings. The van der Waals surface area contributed by atoms with Crippen molar-refractivity contribution in [2.24, 2.45) is 5.10 Å². The molecule has 1 fully saturated rings. The number of benzene rings is 2. The second kappa shape index (κ2) is 11.5. The van der Waals surface area contributed by atoms with Crippen molar-refractivity contribution in [3.63, 3.8) is 0 Å². The van der Waals surface area contributed by atoms with Crippen LogP contribution < -0.4 is 20.0 Å². The minimum Gasteiger partial charge on any atom is -0.493 e. The largest absolute Gasteiger partial charge is 0.493 e. The lowest BCUT2D eigenvalue weighted by atomic mass is 10.1. The first-order valence-corrected chi connectivity index (χ1v) is 13.2. The van der Waals surface area contributed by atoms with E-state index in [4.69, 9.17) is 9.47 Å². The van der Waals surface area contributed by atoms with E-state index in [1.807, 2.05) is 45.3 Å². The van der Waals surface area contributed by atoms with Crippen molar-refractivity contribution in [3.8, 4) is 22.3 Å². The Bertz CT molecular complexity index is 1500. The first-order valence-electron chi connectivity index (χ1n) is 12.4. The van der Waals surface area contributed by atoms with Gasteiger partial charge in [-0.2, -0.15) is 10.4 Å². The molecule has 5 rings (SSSR count). The van der Waals surface area contributed by atoms with E-state index in [9.17, 15) is 5.26 Å². The maximum atomic E-state index is 9.98. The minimum absolute atomic E-state index is 0.501. The number of nitrogens with zero attached hydrogens (tertiary/aromatic N) is 6. The molecule has 0 saturated carbocycles. The number of para-hydroxylation sites is 1. The number of fused-ring (bicyclic) bond motifs is 1. The van der Waals surface area contributed by atoms with Crippen molar-refractivity contribution < 1.29 is 9.47 Å². The van der Waals surface area contributed by atoms with E-state index in [1.165, 1.54) is 23.4 Å². The molecule has 1 aliphatic heterocycles. The Balaban J connectivity index is 1.44. The maximum Gasteiger partial charge on any atom is 0.167 e. The van der Waals surface area contributed by atoms with Gasteiger partial charge in [-0.3, -0.25) is 5.43 Å². The number of hydrogen-bond acceptors (Lipinski definition) is 10. The van der Waals surface area contributed by atoms with Crippen molar-refractivity contribution in [1.82, 2.24) is 9.97 Å². The number of thiophene rings is 1. The highest BCUT2D eigenvalue weighted by Crippen LogP contribution is 2.43. The zero-order valence-electron chi connectivity index (χ0n) is 21.6. The van der Waals surface area contributed by atoms with Gasteiger partial charge in [-0.25, -0.2) is 9.97 Å². The SMILES string of the molecule is CCOc1ccccc1-c1sc2c(NN=Cc3ccc(N4CCOCC4)c(N(C)C)c3)ncnc2c1C#N. The van der Waals surface area contributed by atoms with Crippen LogP contribution >= 0.6 is 11.3 Å². The second-order valence-corrected chi connectivity index (χ2v) is 9.88. The summed E-state index contributed by atoms with van der Waals surface area (Å²) in [6.45, 7) is 5.71. The van der Waals surface area contributed by atoms with E-state index in [-0.39, 0.29) is 0 Å². The molecule has 9 nitrogen and oxygen atoms in total. The van der Waals surface area contributed by atoms with E-state index < -0.39 is 0 Å². The van der Waals surface area contributed by atoms with E-state index in [2.05, 4.69) is 54.6 Å². The van der Waals surface area contributed by atoms with E-state index in [0.717, 1.165) is 58.4 Å². The molecular weight excluding hydrogens is 498 g/mol. The Labute approximate surface area is 226 Å². The lowest BCUT2D eigenvalue weighted by Gasteiger charge is -2.32. The highest BCUT2D eigenvalue weighted by molar-refractivity contribution is 7.23. The molecule has 0 unspecified atom stereocenters. The van der Waals surface area contributed by atoms with Gasteiger partial charge in [-0.1, -0.05) is 18.2 Å². The second-order valence-electron chi connectivity index (χ2n) is 8.86. The molecule has 0 radical (unpaired) electrons. The summed E-state index contributed by atoms with van der Waals surface area (Å²) < 4.78 is 12.1. The predicted molar refractivity (Wildman–Crippen MR) is 154 cm³/mol. The summed E-state index contributed by atoms with van der Waals surface area (Å²) in [7, 11) is 4.09. The average Bonchev–Trinajstić information content (AvgIpc) is 3.33. The zero-order valence-corrected chi connectivity index (χ0v) is 22.5. The monoisotopic (exact) mass is 527 g/mol. The third kappa shape index (κ3) is 5.11. The van der Waals surface area contributed by atoms with Gasteiger partial charge in [0.2, 0.25) is 0 Å². The summed E-state index contributed by atoms with van der Waals surface area (Å²) in [6.07, 6.45) is 3.22. The fourth-order valence-corrected chi connectivity index (χ4v) is 5.61. The number of aromatic nitrogens is 2. The van der Waals surface area contributed by atoms with Gasteiger partial charge in [-0.05, 0) is 36.8 Å². The minimum atomic E-state index is 0.501. The van der Waals surface area contributed by atoms with Gasteiger partial charge in [0.1, 0.15) is 23.7 Å². The summed E-state index contributed by atoms with van der Waals surface area (Å²) in [5.41, 5.74) is 8.28. The Morgan fingerprint density at radius 3 is 2.79 bits per heavy atom. The quantitative estimate of drug-likeness (QED) is 0.253. The molecule has 2 aromatic carbocycles.